The summed E-state index contributed by atoms with van der Waals surface area (Å²) in [6, 6.07) is 14.9. The predicted molar refractivity (Wildman–Crippen MR) is 108 cm³/mol. The smallest absolute Gasteiger partial charge is 0.372 e. The van der Waals surface area contributed by atoms with E-state index in [2.05, 4.69) is 9.71 Å². The van der Waals surface area contributed by atoms with Crippen LogP contribution in [0.1, 0.15) is 9.80 Å². The standard InChI is InChI=1S/C20H12F2N2O4S2/c21-12-9-13(22)11-14(10-12)30(26,27)24-15-5-1-3-7-17(15)28-20(25)19-23-16-6-2-4-8-18(16)29-19/h1-11,24H. The molecule has 0 aliphatic rings. The van der Waals surface area contributed by atoms with Crippen LogP contribution in [-0.2, 0) is 10.0 Å². The highest BCUT2D eigenvalue weighted by Gasteiger charge is 2.21. The zero-order valence-corrected chi connectivity index (χ0v) is 16.6. The Morgan fingerprint density at radius 2 is 1.63 bits per heavy atom. The molecule has 1 N–H and O–H groups in total. The molecule has 0 saturated carbocycles. The van der Waals surface area contributed by atoms with Gasteiger partial charge in [-0.1, -0.05) is 24.3 Å². The van der Waals surface area contributed by atoms with Crippen molar-refractivity contribution >= 4 is 43.2 Å². The molecule has 0 radical (unpaired) electrons. The Bertz CT molecular complexity index is 1320. The fourth-order valence-corrected chi connectivity index (χ4v) is 4.58. The molecule has 1 aromatic heterocycles. The third-order valence-corrected chi connectivity index (χ3v) is 6.31. The van der Waals surface area contributed by atoms with Crippen LogP contribution in [0, 0.1) is 11.6 Å². The van der Waals surface area contributed by atoms with Crippen LogP contribution in [0.25, 0.3) is 10.2 Å². The fraction of sp³-hybridized carbons (Fsp3) is 0. The second-order valence-corrected chi connectivity index (χ2v) is 8.80. The largest absolute Gasteiger partial charge is 0.419 e. The lowest BCUT2D eigenvalue weighted by Gasteiger charge is -2.12. The number of esters is 1. The lowest BCUT2D eigenvalue weighted by atomic mass is 10.3. The molecule has 0 aliphatic heterocycles. The lowest BCUT2D eigenvalue weighted by molar-refractivity contribution is 0.0735. The number of nitrogens with one attached hydrogen (secondary N) is 1. The monoisotopic (exact) mass is 446 g/mol. The minimum atomic E-state index is -4.34. The molecule has 30 heavy (non-hydrogen) atoms. The van der Waals surface area contributed by atoms with E-state index < -0.39 is 32.5 Å². The molecule has 1 heterocycles. The summed E-state index contributed by atoms with van der Waals surface area (Å²) in [5.74, 6) is -2.92. The molecule has 3 aromatic carbocycles. The van der Waals surface area contributed by atoms with Gasteiger partial charge in [0.05, 0.1) is 20.8 Å². The molecule has 4 rings (SSSR count). The van der Waals surface area contributed by atoms with Crippen LogP contribution >= 0.6 is 11.3 Å². The molecule has 4 aromatic rings. The predicted octanol–water partition coefficient (Wildman–Crippen LogP) is 4.59. The van der Waals surface area contributed by atoms with Crippen LogP contribution in [0.3, 0.4) is 0 Å². The average Bonchev–Trinajstić information content (AvgIpc) is 3.13. The van der Waals surface area contributed by atoms with E-state index in [1.54, 1.807) is 18.2 Å². The molecule has 0 unspecified atom stereocenters. The quantitative estimate of drug-likeness (QED) is 0.358. The number of carbonyl (C=O) groups excluding carboxylic acids is 1. The Kier molecular flexibility index (Phi) is 5.18. The molecular formula is C20H12F2N2O4S2. The maximum atomic E-state index is 13.4. The van der Waals surface area contributed by atoms with Gasteiger partial charge in [-0.05, 0) is 36.4 Å². The molecule has 0 bridgehead atoms. The molecular weight excluding hydrogens is 434 g/mol. The van der Waals surface area contributed by atoms with Crippen molar-refractivity contribution in [3.63, 3.8) is 0 Å². The van der Waals surface area contributed by atoms with Crippen molar-refractivity contribution in [2.45, 2.75) is 4.90 Å². The van der Waals surface area contributed by atoms with Gasteiger partial charge in [-0.25, -0.2) is 27.0 Å². The first kappa shape index (κ1) is 19.9. The van der Waals surface area contributed by atoms with Crippen LogP contribution in [0.2, 0.25) is 0 Å². The fourth-order valence-electron chi connectivity index (χ4n) is 2.63. The number of ether oxygens (including phenoxy) is 1. The summed E-state index contributed by atoms with van der Waals surface area (Å²) in [6.45, 7) is 0. The van der Waals surface area contributed by atoms with Gasteiger partial charge in [-0.2, -0.15) is 0 Å². The van der Waals surface area contributed by atoms with Gasteiger partial charge in [0.2, 0.25) is 5.01 Å². The zero-order chi connectivity index (χ0) is 21.3. The van der Waals surface area contributed by atoms with Crippen molar-refractivity contribution in [1.29, 1.82) is 0 Å². The van der Waals surface area contributed by atoms with Gasteiger partial charge in [0.1, 0.15) is 11.6 Å². The maximum Gasteiger partial charge on any atom is 0.372 e. The molecule has 0 spiro atoms. The normalized spacial score (nSPS) is 11.4. The molecule has 0 saturated heterocycles. The number of sulfonamides is 1. The van der Waals surface area contributed by atoms with Crippen molar-refractivity contribution < 1.29 is 26.7 Å². The highest BCUT2D eigenvalue weighted by Crippen LogP contribution is 2.29. The maximum absolute atomic E-state index is 13.4. The SMILES string of the molecule is O=C(Oc1ccccc1NS(=O)(=O)c1cc(F)cc(F)c1)c1nc2ccccc2s1. The molecule has 6 nitrogen and oxygen atoms in total. The van der Waals surface area contributed by atoms with E-state index in [4.69, 9.17) is 4.74 Å². The van der Waals surface area contributed by atoms with Crippen molar-refractivity contribution in [2.75, 3.05) is 4.72 Å². The second-order valence-electron chi connectivity index (χ2n) is 6.08. The number of rotatable bonds is 5. The van der Waals surface area contributed by atoms with Crippen LogP contribution in [0.5, 0.6) is 5.75 Å². The average molecular weight is 446 g/mol. The van der Waals surface area contributed by atoms with E-state index in [1.165, 1.54) is 18.2 Å². The van der Waals surface area contributed by atoms with Crippen LogP contribution in [0.15, 0.2) is 71.6 Å². The highest BCUT2D eigenvalue weighted by molar-refractivity contribution is 7.92. The van der Waals surface area contributed by atoms with Crippen molar-refractivity contribution in [1.82, 2.24) is 4.98 Å². The lowest BCUT2D eigenvalue weighted by Crippen LogP contribution is -2.16. The number of carbonyl (C=O) groups is 1. The number of fused-ring (bicyclic) bond motifs is 1. The Balaban J connectivity index is 1.61. The summed E-state index contributed by atoms with van der Waals surface area (Å²) >= 11 is 1.14. The van der Waals surface area contributed by atoms with Gasteiger partial charge >= 0.3 is 5.97 Å². The van der Waals surface area contributed by atoms with Crippen LogP contribution in [-0.4, -0.2) is 19.4 Å². The summed E-state index contributed by atoms with van der Waals surface area (Å²) in [7, 11) is -4.34. The molecule has 0 amide bonds. The number of thiazole rings is 1. The molecule has 10 heteroatoms. The molecule has 0 atom stereocenters. The van der Waals surface area contributed by atoms with E-state index in [0.717, 1.165) is 16.0 Å². The third-order valence-electron chi connectivity index (χ3n) is 3.95. The van der Waals surface area contributed by atoms with Gasteiger partial charge < -0.3 is 4.74 Å². The van der Waals surface area contributed by atoms with E-state index in [9.17, 15) is 22.0 Å². The van der Waals surface area contributed by atoms with E-state index in [1.807, 2.05) is 12.1 Å². The Labute approximate surface area is 173 Å². The van der Waals surface area contributed by atoms with Crippen LogP contribution < -0.4 is 9.46 Å². The minimum absolute atomic E-state index is 0.0726. The molecule has 152 valence electrons. The topological polar surface area (TPSA) is 85.4 Å². The number of nitrogens with zero attached hydrogens (tertiary/aromatic N) is 1. The number of hydrogen-bond acceptors (Lipinski definition) is 6. The van der Waals surface area contributed by atoms with E-state index in [-0.39, 0.29) is 16.4 Å². The van der Waals surface area contributed by atoms with Gasteiger partial charge in [-0.15, -0.1) is 11.3 Å². The van der Waals surface area contributed by atoms with E-state index in [0.29, 0.717) is 23.7 Å². The highest BCUT2D eigenvalue weighted by atomic mass is 32.2. The Morgan fingerprint density at radius 1 is 0.967 bits per heavy atom. The van der Waals surface area contributed by atoms with Gasteiger partial charge in [0, 0.05) is 6.07 Å². The van der Waals surface area contributed by atoms with Crippen molar-refractivity contribution in [2.24, 2.45) is 0 Å². The number of aromatic nitrogens is 1. The number of halogens is 2. The Hall–Kier alpha value is -3.37. The third kappa shape index (κ3) is 4.14. The second kappa shape index (κ2) is 7.81. The first-order chi connectivity index (χ1) is 14.3. The molecule has 0 aliphatic carbocycles. The summed E-state index contributed by atoms with van der Waals surface area (Å²) in [4.78, 5) is 16.1. The Morgan fingerprint density at radius 3 is 2.37 bits per heavy atom. The van der Waals surface area contributed by atoms with Crippen LogP contribution in [0.4, 0.5) is 14.5 Å². The van der Waals surface area contributed by atoms with Gasteiger partial charge in [0.25, 0.3) is 10.0 Å². The number of para-hydroxylation sites is 3. The van der Waals surface area contributed by atoms with Gasteiger partial charge in [0.15, 0.2) is 5.75 Å². The number of hydrogen-bond donors (Lipinski definition) is 1. The number of benzene rings is 3. The van der Waals surface area contributed by atoms with E-state index >= 15 is 0 Å². The minimum Gasteiger partial charge on any atom is -0.419 e. The summed E-state index contributed by atoms with van der Waals surface area (Å²) < 4.78 is 60.2. The van der Waals surface area contributed by atoms with Crippen molar-refractivity contribution in [3.8, 4) is 5.75 Å². The first-order valence-electron chi connectivity index (χ1n) is 8.47. The summed E-state index contributed by atoms with van der Waals surface area (Å²) in [5, 5.41) is 0.0982. The molecule has 0 fully saturated rings. The number of anilines is 1. The summed E-state index contributed by atoms with van der Waals surface area (Å²) in [6.07, 6.45) is 0. The zero-order valence-electron chi connectivity index (χ0n) is 15.0. The van der Waals surface area contributed by atoms with Crippen molar-refractivity contribution in [3.05, 3.63) is 83.4 Å². The first-order valence-corrected chi connectivity index (χ1v) is 10.8. The summed E-state index contributed by atoms with van der Waals surface area (Å²) in [5.41, 5.74) is 0.563. The van der Waals surface area contributed by atoms with Gasteiger partial charge in [-0.3, -0.25) is 4.72 Å².